The minimum Gasteiger partial charge on any atom is -0.390 e. The van der Waals surface area contributed by atoms with Crippen molar-refractivity contribution in [2.24, 2.45) is 5.73 Å². The number of nitrogens with zero attached hydrogens (tertiary/aromatic N) is 1. The first kappa shape index (κ1) is 9.62. The molecule has 76 valence electrons. The summed E-state index contributed by atoms with van der Waals surface area (Å²) in [4.78, 5) is 4.05. The minimum atomic E-state index is -0.174. The van der Waals surface area contributed by atoms with Crippen LogP contribution in [0.2, 0.25) is 0 Å². The average Bonchev–Trinajstić information content (AvgIpc) is 2.67. The molecule has 0 aliphatic heterocycles. The van der Waals surface area contributed by atoms with Gasteiger partial charge in [0.2, 0.25) is 0 Å². The average molecular weight is 192 g/mol. The van der Waals surface area contributed by atoms with E-state index in [1.165, 1.54) is 12.8 Å². The Kier molecular flexibility index (Phi) is 2.52. The van der Waals surface area contributed by atoms with Crippen molar-refractivity contribution in [2.75, 3.05) is 0 Å². The van der Waals surface area contributed by atoms with Crippen molar-refractivity contribution in [2.45, 2.75) is 37.8 Å². The van der Waals surface area contributed by atoms with Gasteiger partial charge in [-0.1, -0.05) is 12.8 Å². The molecule has 3 nitrogen and oxygen atoms in total. The van der Waals surface area contributed by atoms with E-state index < -0.39 is 0 Å². The van der Waals surface area contributed by atoms with E-state index >= 15 is 0 Å². The van der Waals surface area contributed by atoms with E-state index in [0.717, 1.165) is 18.4 Å². The van der Waals surface area contributed by atoms with Gasteiger partial charge in [-0.3, -0.25) is 4.98 Å². The van der Waals surface area contributed by atoms with Crippen LogP contribution in [0.25, 0.3) is 0 Å². The van der Waals surface area contributed by atoms with Crippen LogP contribution in [-0.4, -0.2) is 10.1 Å². The van der Waals surface area contributed by atoms with E-state index in [1.807, 2.05) is 12.1 Å². The standard InChI is InChI=1S/C11H16N2O/c12-11(4-1-2-5-11)9-3-6-13-10(7-9)8-14/h3,6-7,14H,1-2,4-5,8,12H2. The third-order valence-electron chi connectivity index (χ3n) is 3.05. The van der Waals surface area contributed by atoms with Crippen molar-refractivity contribution in [1.29, 1.82) is 0 Å². The third-order valence-corrected chi connectivity index (χ3v) is 3.05. The Labute approximate surface area is 84.0 Å². The van der Waals surface area contributed by atoms with Crippen molar-refractivity contribution in [3.8, 4) is 0 Å². The first-order chi connectivity index (χ1) is 6.74. The first-order valence-electron chi connectivity index (χ1n) is 5.10. The van der Waals surface area contributed by atoms with Crippen LogP contribution in [0, 0.1) is 0 Å². The highest BCUT2D eigenvalue weighted by atomic mass is 16.3. The van der Waals surface area contributed by atoms with Crippen LogP contribution in [0.1, 0.15) is 36.9 Å². The SMILES string of the molecule is NC1(c2ccnc(CO)c2)CCCC1. The van der Waals surface area contributed by atoms with E-state index in [4.69, 9.17) is 10.8 Å². The van der Waals surface area contributed by atoms with Crippen LogP contribution in [0.4, 0.5) is 0 Å². The smallest absolute Gasteiger partial charge is 0.0853 e. The molecule has 1 fully saturated rings. The molecule has 1 aliphatic carbocycles. The molecule has 0 radical (unpaired) electrons. The lowest BCUT2D eigenvalue weighted by atomic mass is 9.90. The zero-order valence-corrected chi connectivity index (χ0v) is 8.24. The Morgan fingerprint density at radius 1 is 1.43 bits per heavy atom. The fraction of sp³-hybridized carbons (Fsp3) is 0.545. The van der Waals surface area contributed by atoms with Gasteiger partial charge in [-0.05, 0) is 30.5 Å². The molecule has 0 spiro atoms. The number of hydrogen-bond donors (Lipinski definition) is 2. The maximum atomic E-state index is 8.99. The van der Waals surface area contributed by atoms with Gasteiger partial charge in [0, 0.05) is 11.7 Å². The van der Waals surface area contributed by atoms with Crippen LogP contribution in [0.15, 0.2) is 18.3 Å². The maximum absolute atomic E-state index is 8.99. The van der Waals surface area contributed by atoms with Crippen LogP contribution in [0.5, 0.6) is 0 Å². The van der Waals surface area contributed by atoms with Crippen LogP contribution in [0.3, 0.4) is 0 Å². The summed E-state index contributed by atoms with van der Waals surface area (Å²) in [6.07, 6.45) is 6.22. The second-order valence-corrected chi connectivity index (χ2v) is 4.06. The van der Waals surface area contributed by atoms with Gasteiger partial charge in [-0.15, -0.1) is 0 Å². The Bertz CT molecular complexity index is 319. The number of aliphatic hydroxyl groups excluding tert-OH is 1. The summed E-state index contributed by atoms with van der Waals surface area (Å²) < 4.78 is 0. The lowest BCUT2D eigenvalue weighted by molar-refractivity contribution is 0.276. The van der Waals surface area contributed by atoms with Crippen molar-refractivity contribution < 1.29 is 5.11 Å². The van der Waals surface area contributed by atoms with Gasteiger partial charge in [0.25, 0.3) is 0 Å². The van der Waals surface area contributed by atoms with Gasteiger partial charge in [-0.25, -0.2) is 0 Å². The number of aliphatic hydroxyl groups is 1. The third kappa shape index (κ3) is 1.65. The molecule has 1 aromatic heterocycles. The molecule has 1 saturated carbocycles. The Morgan fingerprint density at radius 3 is 2.79 bits per heavy atom. The maximum Gasteiger partial charge on any atom is 0.0853 e. The summed E-state index contributed by atoms with van der Waals surface area (Å²) in [5, 5.41) is 8.99. The van der Waals surface area contributed by atoms with Gasteiger partial charge in [0.15, 0.2) is 0 Å². The van der Waals surface area contributed by atoms with Gasteiger partial charge < -0.3 is 10.8 Å². The number of nitrogens with two attached hydrogens (primary N) is 1. The summed E-state index contributed by atoms with van der Waals surface area (Å²) in [6.45, 7) is -0.0100. The van der Waals surface area contributed by atoms with Crippen LogP contribution >= 0.6 is 0 Å². The van der Waals surface area contributed by atoms with Crippen LogP contribution in [-0.2, 0) is 12.1 Å². The van der Waals surface area contributed by atoms with Gasteiger partial charge in [0.05, 0.1) is 12.3 Å². The largest absolute Gasteiger partial charge is 0.390 e. The fourth-order valence-electron chi connectivity index (χ4n) is 2.17. The quantitative estimate of drug-likeness (QED) is 0.742. The molecule has 0 unspecified atom stereocenters. The van der Waals surface area contributed by atoms with Crippen molar-refractivity contribution in [1.82, 2.24) is 4.98 Å². The molecule has 2 rings (SSSR count). The molecule has 14 heavy (non-hydrogen) atoms. The Morgan fingerprint density at radius 2 is 2.14 bits per heavy atom. The summed E-state index contributed by atoms with van der Waals surface area (Å²) in [5.74, 6) is 0. The molecular weight excluding hydrogens is 176 g/mol. The van der Waals surface area contributed by atoms with Gasteiger partial charge >= 0.3 is 0 Å². The molecule has 1 aromatic rings. The zero-order valence-electron chi connectivity index (χ0n) is 8.24. The van der Waals surface area contributed by atoms with E-state index in [2.05, 4.69) is 4.98 Å². The zero-order chi connectivity index (χ0) is 10.0. The lowest BCUT2D eigenvalue weighted by Crippen LogP contribution is -2.33. The summed E-state index contributed by atoms with van der Waals surface area (Å²) in [6, 6.07) is 3.88. The van der Waals surface area contributed by atoms with Crippen molar-refractivity contribution in [3.63, 3.8) is 0 Å². The van der Waals surface area contributed by atoms with E-state index in [1.54, 1.807) is 6.20 Å². The minimum absolute atomic E-state index is 0.0100. The normalized spacial score (nSPS) is 19.9. The van der Waals surface area contributed by atoms with E-state index in [-0.39, 0.29) is 12.1 Å². The highest BCUT2D eigenvalue weighted by molar-refractivity contribution is 5.25. The molecule has 1 heterocycles. The number of rotatable bonds is 2. The van der Waals surface area contributed by atoms with Crippen molar-refractivity contribution >= 4 is 0 Å². The highest BCUT2D eigenvalue weighted by Gasteiger charge is 2.31. The van der Waals surface area contributed by atoms with Gasteiger partial charge in [0.1, 0.15) is 0 Å². The molecule has 0 aromatic carbocycles. The first-order valence-corrected chi connectivity index (χ1v) is 5.10. The lowest BCUT2D eigenvalue weighted by Gasteiger charge is -2.24. The molecule has 3 heteroatoms. The Hall–Kier alpha value is -0.930. The summed E-state index contributed by atoms with van der Waals surface area (Å²) in [5.41, 5.74) is 7.95. The van der Waals surface area contributed by atoms with Crippen LogP contribution < -0.4 is 5.73 Å². The summed E-state index contributed by atoms with van der Waals surface area (Å²) in [7, 11) is 0. The molecule has 1 aliphatic rings. The number of pyridine rings is 1. The van der Waals surface area contributed by atoms with E-state index in [9.17, 15) is 0 Å². The monoisotopic (exact) mass is 192 g/mol. The predicted molar refractivity (Wildman–Crippen MR) is 54.5 cm³/mol. The number of hydrogen-bond acceptors (Lipinski definition) is 3. The number of aromatic nitrogens is 1. The molecule has 0 atom stereocenters. The van der Waals surface area contributed by atoms with Crippen molar-refractivity contribution in [3.05, 3.63) is 29.6 Å². The summed E-state index contributed by atoms with van der Waals surface area (Å²) >= 11 is 0. The van der Waals surface area contributed by atoms with Gasteiger partial charge in [-0.2, -0.15) is 0 Å². The fourth-order valence-corrected chi connectivity index (χ4v) is 2.17. The molecule has 0 amide bonds. The Balaban J connectivity index is 2.30. The second-order valence-electron chi connectivity index (χ2n) is 4.06. The van der Waals surface area contributed by atoms with E-state index in [0.29, 0.717) is 5.69 Å². The molecule has 0 saturated heterocycles. The topological polar surface area (TPSA) is 59.1 Å². The molecule has 0 bridgehead atoms. The molecule has 3 N–H and O–H groups in total. The molecular formula is C11H16N2O. The highest BCUT2D eigenvalue weighted by Crippen LogP contribution is 2.36. The predicted octanol–water partition coefficient (Wildman–Crippen LogP) is 1.30. The second kappa shape index (κ2) is 3.67.